The molecular formula is C14H21BrN2O. The van der Waals surface area contributed by atoms with Gasteiger partial charge >= 0.3 is 0 Å². The van der Waals surface area contributed by atoms with E-state index in [1.165, 1.54) is 5.56 Å². The highest BCUT2D eigenvalue weighted by atomic mass is 79.9. The predicted octanol–water partition coefficient (Wildman–Crippen LogP) is 3.34. The summed E-state index contributed by atoms with van der Waals surface area (Å²) in [5, 5.41) is 6.13. The molecule has 1 aromatic rings. The molecule has 18 heavy (non-hydrogen) atoms. The van der Waals surface area contributed by atoms with Crippen LogP contribution in [0.5, 0.6) is 0 Å². The fourth-order valence-corrected chi connectivity index (χ4v) is 2.04. The lowest BCUT2D eigenvalue weighted by molar-refractivity contribution is -0.120. The lowest BCUT2D eigenvalue weighted by atomic mass is 10.1. The van der Waals surface area contributed by atoms with Crippen LogP contribution >= 0.6 is 15.9 Å². The van der Waals surface area contributed by atoms with Gasteiger partial charge in [-0.05, 0) is 43.5 Å². The van der Waals surface area contributed by atoms with E-state index in [0.717, 1.165) is 23.0 Å². The summed E-state index contributed by atoms with van der Waals surface area (Å²) in [4.78, 5) is 11.7. The molecular weight excluding hydrogens is 292 g/mol. The van der Waals surface area contributed by atoms with E-state index < -0.39 is 0 Å². The fraction of sp³-hybridized carbons (Fsp3) is 0.500. The second-order valence-electron chi connectivity index (χ2n) is 4.39. The average Bonchev–Trinajstić information content (AvgIpc) is 2.36. The summed E-state index contributed by atoms with van der Waals surface area (Å²) in [6, 6.07) is 6.29. The Balaban J connectivity index is 2.55. The lowest BCUT2D eigenvalue weighted by Gasteiger charge is -2.14. The highest BCUT2D eigenvalue weighted by Crippen LogP contribution is 2.21. The minimum atomic E-state index is 0.0364. The monoisotopic (exact) mass is 312 g/mol. The predicted molar refractivity (Wildman–Crippen MR) is 79.9 cm³/mol. The van der Waals surface area contributed by atoms with Crippen molar-refractivity contribution in [2.45, 2.75) is 39.7 Å². The van der Waals surface area contributed by atoms with Crippen molar-refractivity contribution < 1.29 is 4.79 Å². The second-order valence-corrected chi connectivity index (χ2v) is 5.30. The molecule has 1 rings (SSSR count). The molecule has 1 unspecified atom stereocenters. The average molecular weight is 313 g/mol. The smallest absolute Gasteiger partial charge is 0.239 e. The van der Waals surface area contributed by atoms with Gasteiger partial charge in [0.15, 0.2) is 0 Å². The van der Waals surface area contributed by atoms with E-state index in [1.54, 1.807) is 0 Å². The number of hydrogen-bond acceptors (Lipinski definition) is 2. The van der Waals surface area contributed by atoms with E-state index >= 15 is 0 Å². The quantitative estimate of drug-likeness (QED) is 0.846. The third-order valence-electron chi connectivity index (χ3n) is 2.91. The first-order valence-electron chi connectivity index (χ1n) is 6.38. The van der Waals surface area contributed by atoms with Gasteiger partial charge in [0.05, 0.1) is 6.54 Å². The molecule has 0 bridgehead atoms. The first-order valence-corrected chi connectivity index (χ1v) is 7.17. The molecule has 0 aliphatic carbocycles. The fourth-order valence-electron chi connectivity index (χ4n) is 1.63. The zero-order chi connectivity index (χ0) is 13.5. The summed E-state index contributed by atoms with van der Waals surface area (Å²) in [5.74, 6) is 0.0364. The molecule has 1 atom stereocenters. The Labute approximate surface area is 117 Å². The van der Waals surface area contributed by atoms with Gasteiger partial charge in [-0.1, -0.05) is 29.8 Å². The highest BCUT2D eigenvalue weighted by molar-refractivity contribution is 9.10. The molecule has 3 nitrogen and oxygen atoms in total. The molecule has 0 aliphatic heterocycles. The number of benzene rings is 1. The van der Waals surface area contributed by atoms with Crippen LogP contribution in [0.2, 0.25) is 0 Å². The number of hydrogen-bond donors (Lipinski definition) is 2. The summed E-state index contributed by atoms with van der Waals surface area (Å²) in [6.07, 6.45) is 1.89. The zero-order valence-electron chi connectivity index (χ0n) is 11.2. The van der Waals surface area contributed by atoms with Crippen molar-refractivity contribution in [3.05, 3.63) is 28.2 Å². The van der Waals surface area contributed by atoms with Crippen molar-refractivity contribution in [2.75, 3.05) is 11.9 Å². The highest BCUT2D eigenvalue weighted by Gasteiger charge is 2.06. The number of aryl methyl sites for hydroxylation is 1. The molecule has 4 heteroatoms. The largest absolute Gasteiger partial charge is 0.376 e. The van der Waals surface area contributed by atoms with E-state index in [1.807, 2.05) is 19.1 Å². The standard InChI is InChI=1S/C14H21BrN2O/c1-4-10(3)17-14(18)9-16-13-7-6-12(15)8-11(13)5-2/h6-8,10,16H,4-5,9H2,1-3H3,(H,17,18). The van der Waals surface area contributed by atoms with Gasteiger partial charge in [-0.3, -0.25) is 4.79 Å². The number of halogens is 1. The Hall–Kier alpha value is -1.03. The molecule has 0 aliphatic rings. The van der Waals surface area contributed by atoms with Crippen molar-refractivity contribution in [2.24, 2.45) is 0 Å². The molecule has 0 saturated heterocycles. The molecule has 0 radical (unpaired) electrons. The first-order chi connectivity index (χ1) is 8.56. The van der Waals surface area contributed by atoms with Crippen LogP contribution < -0.4 is 10.6 Å². The minimum Gasteiger partial charge on any atom is -0.376 e. The zero-order valence-corrected chi connectivity index (χ0v) is 12.8. The van der Waals surface area contributed by atoms with Crippen LogP contribution in [-0.2, 0) is 11.2 Å². The number of amides is 1. The van der Waals surface area contributed by atoms with Crippen LogP contribution in [-0.4, -0.2) is 18.5 Å². The Morgan fingerprint density at radius 2 is 2.11 bits per heavy atom. The third kappa shape index (κ3) is 4.69. The Bertz CT molecular complexity index is 407. The summed E-state index contributed by atoms with van der Waals surface area (Å²) < 4.78 is 1.06. The SMILES string of the molecule is CCc1cc(Br)ccc1NCC(=O)NC(C)CC. The number of rotatable bonds is 6. The second kappa shape index (κ2) is 7.41. The molecule has 1 aromatic carbocycles. The van der Waals surface area contributed by atoms with Gasteiger partial charge in [0, 0.05) is 16.2 Å². The van der Waals surface area contributed by atoms with Crippen molar-refractivity contribution >= 4 is 27.5 Å². The van der Waals surface area contributed by atoms with Crippen LogP contribution in [0.25, 0.3) is 0 Å². The van der Waals surface area contributed by atoms with Gasteiger partial charge in [-0.2, -0.15) is 0 Å². The van der Waals surface area contributed by atoms with E-state index in [0.29, 0.717) is 6.54 Å². The molecule has 0 saturated carbocycles. The molecule has 100 valence electrons. The topological polar surface area (TPSA) is 41.1 Å². The summed E-state index contributed by atoms with van der Waals surface area (Å²) in [7, 11) is 0. The summed E-state index contributed by atoms with van der Waals surface area (Å²) >= 11 is 3.45. The molecule has 0 fully saturated rings. The maximum absolute atomic E-state index is 11.7. The molecule has 0 aromatic heterocycles. The normalized spacial score (nSPS) is 12.0. The number of anilines is 1. The van der Waals surface area contributed by atoms with E-state index in [9.17, 15) is 4.79 Å². The van der Waals surface area contributed by atoms with Crippen LogP contribution in [0, 0.1) is 0 Å². The lowest BCUT2D eigenvalue weighted by Crippen LogP contribution is -2.36. The van der Waals surface area contributed by atoms with Crippen molar-refractivity contribution in [3.8, 4) is 0 Å². The Morgan fingerprint density at radius 1 is 1.39 bits per heavy atom. The van der Waals surface area contributed by atoms with Crippen LogP contribution in [0.1, 0.15) is 32.8 Å². The molecule has 0 spiro atoms. The maximum Gasteiger partial charge on any atom is 0.239 e. The van der Waals surface area contributed by atoms with E-state index in [-0.39, 0.29) is 11.9 Å². The third-order valence-corrected chi connectivity index (χ3v) is 3.40. The molecule has 0 heterocycles. The van der Waals surface area contributed by atoms with Crippen molar-refractivity contribution in [1.82, 2.24) is 5.32 Å². The van der Waals surface area contributed by atoms with Crippen molar-refractivity contribution in [3.63, 3.8) is 0 Å². The first kappa shape index (κ1) is 15.0. The van der Waals surface area contributed by atoms with Crippen LogP contribution in [0.15, 0.2) is 22.7 Å². The van der Waals surface area contributed by atoms with Gasteiger partial charge in [-0.15, -0.1) is 0 Å². The van der Waals surface area contributed by atoms with Crippen LogP contribution in [0.4, 0.5) is 5.69 Å². The number of nitrogens with one attached hydrogen (secondary N) is 2. The molecule has 1 amide bonds. The number of carbonyl (C=O) groups excluding carboxylic acids is 1. The maximum atomic E-state index is 11.7. The van der Waals surface area contributed by atoms with Gasteiger partial charge in [0.25, 0.3) is 0 Å². The van der Waals surface area contributed by atoms with Crippen molar-refractivity contribution in [1.29, 1.82) is 0 Å². The molecule has 2 N–H and O–H groups in total. The van der Waals surface area contributed by atoms with Gasteiger partial charge in [0.1, 0.15) is 0 Å². The summed E-state index contributed by atoms with van der Waals surface area (Å²) in [6.45, 7) is 6.49. The van der Waals surface area contributed by atoms with E-state index in [4.69, 9.17) is 0 Å². The van der Waals surface area contributed by atoms with Gasteiger partial charge in [-0.25, -0.2) is 0 Å². The van der Waals surface area contributed by atoms with E-state index in [2.05, 4.69) is 46.5 Å². The van der Waals surface area contributed by atoms with Crippen LogP contribution in [0.3, 0.4) is 0 Å². The van der Waals surface area contributed by atoms with Gasteiger partial charge < -0.3 is 10.6 Å². The Kier molecular flexibility index (Phi) is 6.19. The Morgan fingerprint density at radius 3 is 2.72 bits per heavy atom. The van der Waals surface area contributed by atoms with Gasteiger partial charge in [0.2, 0.25) is 5.91 Å². The minimum absolute atomic E-state index is 0.0364. The summed E-state index contributed by atoms with van der Waals surface area (Å²) in [5.41, 5.74) is 2.24. The number of carbonyl (C=O) groups is 1.